The molecule has 1 aliphatic rings. The molecule has 2 heterocycles. The van der Waals surface area contributed by atoms with Crippen molar-refractivity contribution in [3.8, 4) is 0 Å². The van der Waals surface area contributed by atoms with Gasteiger partial charge in [-0.05, 0) is 38.0 Å². The molecule has 0 bridgehead atoms. The van der Waals surface area contributed by atoms with E-state index in [1.165, 1.54) is 4.90 Å². The molecule has 2 atom stereocenters. The molecule has 4 N–H and O–H groups in total. The van der Waals surface area contributed by atoms with Crippen molar-refractivity contribution in [3.63, 3.8) is 0 Å². The molecular weight excluding hydrogens is 528 g/mol. The highest BCUT2D eigenvalue weighted by Gasteiger charge is 2.38. The molecule has 1 aliphatic heterocycles. The Bertz CT molecular complexity index is 1360. The maximum absolute atomic E-state index is 13.4. The number of rotatable bonds is 11. The van der Waals surface area contributed by atoms with Crippen LogP contribution in [0.5, 0.6) is 0 Å². The van der Waals surface area contributed by atoms with E-state index in [0.717, 1.165) is 11.1 Å². The number of hydrogen-bond donors (Lipinski definition) is 4. The van der Waals surface area contributed by atoms with E-state index in [9.17, 15) is 19.2 Å². The summed E-state index contributed by atoms with van der Waals surface area (Å²) in [6, 6.07) is 14.5. The van der Waals surface area contributed by atoms with Gasteiger partial charge >= 0.3 is 0 Å². The lowest BCUT2D eigenvalue weighted by atomic mass is 10.1. The molecule has 4 amide bonds. The lowest BCUT2D eigenvalue weighted by Crippen LogP contribution is -2.54. The number of fused-ring (bicyclic) bond motifs is 1. The molecule has 1 aromatic heterocycles. The van der Waals surface area contributed by atoms with Gasteiger partial charge in [0.2, 0.25) is 23.6 Å². The zero-order valence-corrected chi connectivity index (χ0v) is 23.2. The van der Waals surface area contributed by atoms with Crippen LogP contribution in [0.15, 0.2) is 54.6 Å². The maximum Gasteiger partial charge on any atom is 0.247 e. The maximum atomic E-state index is 13.4. The summed E-state index contributed by atoms with van der Waals surface area (Å²) in [7, 11) is 0. The van der Waals surface area contributed by atoms with E-state index in [-0.39, 0.29) is 32.0 Å². The van der Waals surface area contributed by atoms with Crippen LogP contribution in [-0.4, -0.2) is 75.1 Å². The van der Waals surface area contributed by atoms with Crippen molar-refractivity contribution in [3.05, 3.63) is 71.5 Å². The van der Waals surface area contributed by atoms with Gasteiger partial charge in [-0.15, -0.1) is 10.2 Å². The van der Waals surface area contributed by atoms with Crippen molar-refractivity contribution in [1.29, 1.82) is 0 Å². The van der Waals surface area contributed by atoms with Crippen molar-refractivity contribution in [1.82, 2.24) is 36.6 Å². The first-order chi connectivity index (χ1) is 19.6. The van der Waals surface area contributed by atoms with Crippen LogP contribution in [0.2, 0.25) is 0 Å². The predicted octanol–water partition coefficient (Wildman–Crippen LogP) is 0.433. The summed E-state index contributed by atoms with van der Waals surface area (Å²) < 4.78 is 5.78. The van der Waals surface area contributed by atoms with Crippen LogP contribution in [0.4, 0.5) is 5.69 Å². The van der Waals surface area contributed by atoms with Gasteiger partial charge in [0.25, 0.3) is 0 Å². The van der Waals surface area contributed by atoms with Gasteiger partial charge in [-0.2, -0.15) is 5.21 Å². The van der Waals surface area contributed by atoms with Crippen LogP contribution in [0.3, 0.4) is 0 Å². The number of nitrogens with zero attached hydrogens (tertiary/aromatic N) is 4. The first-order valence-corrected chi connectivity index (χ1v) is 13.3. The first kappa shape index (κ1) is 29.3. The third kappa shape index (κ3) is 8.18. The highest BCUT2D eigenvalue weighted by Crippen LogP contribution is 2.32. The highest BCUT2D eigenvalue weighted by atomic mass is 16.5. The molecule has 41 heavy (non-hydrogen) atoms. The summed E-state index contributed by atoms with van der Waals surface area (Å²) in [5, 5.41) is 21.5. The van der Waals surface area contributed by atoms with Crippen molar-refractivity contribution >= 4 is 29.3 Å². The number of hydrogen-bond acceptors (Lipinski definition) is 8. The van der Waals surface area contributed by atoms with Gasteiger partial charge in [-0.25, -0.2) is 0 Å². The van der Waals surface area contributed by atoms with Gasteiger partial charge in [-0.3, -0.25) is 24.1 Å². The van der Waals surface area contributed by atoms with Crippen molar-refractivity contribution in [2.45, 2.75) is 57.8 Å². The van der Waals surface area contributed by atoms with E-state index in [2.05, 4.69) is 36.6 Å². The quantitative estimate of drug-likeness (QED) is 0.261. The number of ether oxygens (including phenoxy) is 1. The Morgan fingerprint density at radius 1 is 1.05 bits per heavy atom. The second-order valence-electron chi connectivity index (χ2n) is 10.6. The van der Waals surface area contributed by atoms with Crippen LogP contribution in [0.25, 0.3) is 0 Å². The fourth-order valence-corrected chi connectivity index (χ4v) is 4.36. The minimum absolute atomic E-state index is 0.0408. The van der Waals surface area contributed by atoms with Crippen molar-refractivity contribution in [2.75, 3.05) is 18.1 Å². The molecule has 13 heteroatoms. The standard InChI is InChI=1S/C28H34N8O5/c1-28(2,3)41-17-20(31-24(37)13-18-9-5-4-6-10-18)26(39)30-16-25(38)36-21-12-8-7-11-19(21)14-22(36)27(40)29-15-23-32-34-35-33-23/h4-12,20,22H,13-17H2,1-3H3,(H,29,40)(H,30,39)(H,31,37)(H,32,33,34,35)/t20-,22-/m0/s1. The number of anilines is 1. The first-order valence-electron chi connectivity index (χ1n) is 13.3. The molecule has 13 nitrogen and oxygen atoms in total. The molecule has 0 radical (unpaired) electrons. The zero-order valence-electron chi connectivity index (χ0n) is 23.2. The lowest BCUT2D eigenvalue weighted by Gasteiger charge is -2.26. The van der Waals surface area contributed by atoms with Crippen molar-refractivity contribution in [2.24, 2.45) is 0 Å². The Labute approximate surface area is 237 Å². The second kappa shape index (κ2) is 13.1. The molecule has 0 fully saturated rings. The van der Waals surface area contributed by atoms with Gasteiger partial charge in [0.05, 0.1) is 31.7 Å². The minimum Gasteiger partial charge on any atom is -0.373 e. The number of carbonyl (C=O) groups is 4. The summed E-state index contributed by atoms with van der Waals surface area (Å²) in [5.41, 5.74) is 1.67. The van der Waals surface area contributed by atoms with Gasteiger partial charge in [-0.1, -0.05) is 53.7 Å². The molecule has 3 aromatic rings. The molecular formula is C28H34N8O5. The number of aromatic nitrogens is 4. The van der Waals surface area contributed by atoms with E-state index >= 15 is 0 Å². The van der Waals surface area contributed by atoms with Crippen LogP contribution >= 0.6 is 0 Å². The molecule has 0 saturated carbocycles. The SMILES string of the molecule is CC(C)(C)OC[C@H](NC(=O)Cc1ccccc1)C(=O)NCC(=O)N1c2ccccc2C[C@H]1C(=O)NCc1nn[nH]n1. The fourth-order valence-electron chi connectivity index (χ4n) is 4.36. The summed E-state index contributed by atoms with van der Waals surface area (Å²) in [5.74, 6) is -1.50. The van der Waals surface area contributed by atoms with E-state index in [1.54, 1.807) is 12.1 Å². The molecule has 0 unspecified atom stereocenters. The molecule has 4 rings (SSSR count). The van der Waals surface area contributed by atoms with Gasteiger partial charge in [0, 0.05) is 12.1 Å². The largest absolute Gasteiger partial charge is 0.373 e. The minimum atomic E-state index is -1.03. The molecule has 0 saturated heterocycles. The Morgan fingerprint density at radius 2 is 1.78 bits per heavy atom. The zero-order chi connectivity index (χ0) is 29.4. The number of carbonyl (C=O) groups excluding carboxylic acids is 4. The Balaban J connectivity index is 1.41. The third-order valence-corrected chi connectivity index (χ3v) is 6.31. The van der Waals surface area contributed by atoms with Gasteiger partial charge in [0.15, 0.2) is 5.82 Å². The number of aromatic amines is 1. The topological polar surface area (TPSA) is 171 Å². The second-order valence-corrected chi connectivity index (χ2v) is 10.6. The number of H-pyrrole nitrogens is 1. The van der Waals surface area contributed by atoms with Crippen molar-refractivity contribution < 1.29 is 23.9 Å². The highest BCUT2D eigenvalue weighted by molar-refractivity contribution is 6.05. The number of amides is 4. The monoisotopic (exact) mass is 562 g/mol. The Kier molecular flexibility index (Phi) is 9.40. The molecule has 0 aliphatic carbocycles. The summed E-state index contributed by atoms with van der Waals surface area (Å²) in [6.07, 6.45) is 0.399. The average Bonchev–Trinajstić information content (AvgIpc) is 3.60. The van der Waals surface area contributed by atoms with E-state index in [4.69, 9.17) is 4.74 Å². The molecule has 0 spiro atoms. The van der Waals surface area contributed by atoms with E-state index < -0.39 is 35.4 Å². The Morgan fingerprint density at radius 3 is 2.49 bits per heavy atom. The third-order valence-electron chi connectivity index (χ3n) is 6.31. The Hall–Kier alpha value is -4.65. The van der Waals surface area contributed by atoms with Crippen LogP contribution in [0.1, 0.15) is 37.7 Å². The number of nitrogens with one attached hydrogen (secondary N) is 4. The van der Waals surface area contributed by atoms with Crippen LogP contribution in [0, 0.1) is 0 Å². The van der Waals surface area contributed by atoms with E-state index in [0.29, 0.717) is 17.9 Å². The lowest BCUT2D eigenvalue weighted by molar-refractivity contribution is -0.133. The summed E-state index contributed by atoms with van der Waals surface area (Å²) in [4.78, 5) is 53.8. The molecule has 2 aromatic carbocycles. The van der Waals surface area contributed by atoms with Crippen LogP contribution < -0.4 is 20.9 Å². The summed E-state index contributed by atoms with van der Waals surface area (Å²) in [6.45, 7) is 5.09. The normalized spacial score (nSPS) is 15.1. The van der Waals surface area contributed by atoms with E-state index in [1.807, 2.05) is 63.2 Å². The fraction of sp³-hybridized carbons (Fsp3) is 0.393. The number of benzene rings is 2. The van der Waals surface area contributed by atoms with Gasteiger partial charge < -0.3 is 20.7 Å². The smallest absolute Gasteiger partial charge is 0.247 e. The molecule has 216 valence electrons. The number of para-hydroxylation sites is 1. The number of tetrazole rings is 1. The van der Waals surface area contributed by atoms with Crippen LogP contribution in [-0.2, 0) is 43.3 Å². The summed E-state index contributed by atoms with van der Waals surface area (Å²) >= 11 is 0. The van der Waals surface area contributed by atoms with Gasteiger partial charge in [0.1, 0.15) is 12.1 Å². The average molecular weight is 563 g/mol. The predicted molar refractivity (Wildman–Crippen MR) is 148 cm³/mol.